The van der Waals surface area contributed by atoms with Crippen LogP contribution in [0.25, 0.3) is 63.0 Å². The number of fused-ring (bicyclic) bond motifs is 2. The van der Waals surface area contributed by atoms with Gasteiger partial charge in [-0.1, -0.05) is 73.3 Å². The quantitative estimate of drug-likeness (QED) is 0.215. The smallest absolute Gasteiger partial charge is 0.145 e. The molecular weight excluding hydrogens is 524 g/mol. The Bertz CT molecular complexity index is 2340. The number of hydrogen-bond donors (Lipinski definition) is 0. The molecule has 0 saturated carbocycles. The van der Waals surface area contributed by atoms with Crippen LogP contribution in [0.4, 0.5) is 0 Å². The van der Waals surface area contributed by atoms with E-state index in [0.29, 0.717) is 0 Å². The van der Waals surface area contributed by atoms with Crippen LogP contribution >= 0.6 is 0 Å². The van der Waals surface area contributed by atoms with Crippen LogP contribution < -0.4 is 10.6 Å². The summed E-state index contributed by atoms with van der Waals surface area (Å²) in [7, 11) is 0. The van der Waals surface area contributed by atoms with Crippen LogP contribution in [0.15, 0.2) is 152 Å². The maximum absolute atomic E-state index is 5.06. The first-order chi connectivity index (χ1) is 21.3. The van der Waals surface area contributed by atoms with Crippen LogP contribution in [0.1, 0.15) is 5.69 Å². The van der Waals surface area contributed by atoms with E-state index in [9.17, 15) is 0 Å². The van der Waals surface area contributed by atoms with E-state index >= 15 is 0 Å². The zero-order chi connectivity index (χ0) is 28.8. The Morgan fingerprint density at radius 3 is 1.93 bits per heavy atom. The predicted octanol–water partition coefficient (Wildman–Crippen LogP) is 7.67. The number of rotatable bonds is 5. The van der Waals surface area contributed by atoms with Crippen molar-refractivity contribution < 1.29 is 0 Å². The highest BCUT2D eigenvalue weighted by atomic mass is 15.1. The van der Waals surface area contributed by atoms with Gasteiger partial charge in [0.2, 0.25) is 0 Å². The second-order valence-corrected chi connectivity index (χ2v) is 10.6. The highest BCUT2D eigenvalue weighted by Gasteiger charge is 2.15. The Kier molecular flexibility index (Phi) is 5.90. The van der Waals surface area contributed by atoms with E-state index in [4.69, 9.17) is 4.98 Å². The lowest BCUT2D eigenvalue weighted by Gasteiger charge is -2.11. The van der Waals surface area contributed by atoms with Crippen LogP contribution in [0, 0.1) is 0 Å². The van der Waals surface area contributed by atoms with Gasteiger partial charge in [0.1, 0.15) is 5.82 Å². The number of benzene rings is 5. The molecule has 3 heterocycles. The SMILES string of the molecule is C=c1/c(=C\c2cccn2-c2ccccc2)n(-c2ccc(-c3nc4ccccc4n3-c3ccccc3)cc2)c2ccccc12. The summed E-state index contributed by atoms with van der Waals surface area (Å²) in [6, 6.07) is 50.6. The Balaban J connectivity index is 1.30. The summed E-state index contributed by atoms with van der Waals surface area (Å²) in [6.07, 6.45) is 4.34. The lowest BCUT2D eigenvalue weighted by Crippen LogP contribution is -2.27. The zero-order valence-electron chi connectivity index (χ0n) is 23.5. The zero-order valence-corrected chi connectivity index (χ0v) is 23.5. The summed E-state index contributed by atoms with van der Waals surface area (Å²) < 4.78 is 6.75. The van der Waals surface area contributed by atoms with Crippen LogP contribution in [-0.4, -0.2) is 18.7 Å². The van der Waals surface area contributed by atoms with Gasteiger partial charge in [0.25, 0.3) is 0 Å². The Labute approximate surface area is 249 Å². The fourth-order valence-electron chi connectivity index (χ4n) is 6.05. The summed E-state index contributed by atoms with van der Waals surface area (Å²) >= 11 is 0. The maximum Gasteiger partial charge on any atom is 0.145 e. The summed E-state index contributed by atoms with van der Waals surface area (Å²) in [5, 5.41) is 3.20. The monoisotopic (exact) mass is 552 g/mol. The van der Waals surface area contributed by atoms with Gasteiger partial charge in [-0.25, -0.2) is 4.98 Å². The van der Waals surface area contributed by atoms with Crippen LogP contribution in [0.5, 0.6) is 0 Å². The molecule has 0 unspecified atom stereocenters. The van der Waals surface area contributed by atoms with Crippen molar-refractivity contribution >= 4 is 34.6 Å². The molecule has 0 atom stereocenters. The van der Waals surface area contributed by atoms with E-state index in [1.165, 1.54) is 0 Å². The second-order valence-electron chi connectivity index (χ2n) is 10.6. The molecule has 0 saturated heterocycles. The largest absolute Gasteiger partial charge is 0.317 e. The lowest BCUT2D eigenvalue weighted by atomic mass is 10.1. The minimum atomic E-state index is 0.918. The Morgan fingerprint density at radius 2 is 1.16 bits per heavy atom. The number of para-hydroxylation sites is 5. The van der Waals surface area contributed by atoms with Crippen molar-refractivity contribution in [2.24, 2.45) is 0 Å². The topological polar surface area (TPSA) is 27.7 Å². The fourth-order valence-corrected chi connectivity index (χ4v) is 6.05. The van der Waals surface area contributed by atoms with Gasteiger partial charge in [0.15, 0.2) is 0 Å². The van der Waals surface area contributed by atoms with Crippen molar-refractivity contribution in [1.82, 2.24) is 18.7 Å². The van der Waals surface area contributed by atoms with Crippen molar-refractivity contribution in [1.29, 1.82) is 0 Å². The van der Waals surface area contributed by atoms with Crippen molar-refractivity contribution in [3.63, 3.8) is 0 Å². The first-order valence-electron chi connectivity index (χ1n) is 14.4. The van der Waals surface area contributed by atoms with E-state index in [1.807, 2.05) is 18.2 Å². The minimum absolute atomic E-state index is 0.918. The molecule has 4 heteroatoms. The van der Waals surface area contributed by atoms with Gasteiger partial charge in [-0.3, -0.25) is 4.57 Å². The molecule has 0 radical (unpaired) electrons. The number of imidazole rings is 1. The van der Waals surface area contributed by atoms with Crippen LogP contribution in [0.2, 0.25) is 0 Å². The summed E-state index contributed by atoms with van der Waals surface area (Å²) in [6.45, 7) is 4.54. The fraction of sp³-hybridized carbons (Fsp3) is 0. The van der Waals surface area contributed by atoms with Gasteiger partial charge in [-0.2, -0.15) is 0 Å². The van der Waals surface area contributed by atoms with Gasteiger partial charge >= 0.3 is 0 Å². The molecule has 0 aliphatic rings. The molecule has 0 spiro atoms. The molecule has 8 aromatic rings. The van der Waals surface area contributed by atoms with Gasteiger partial charge in [-0.05, 0) is 84.9 Å². The van der Waals surface area contributed by atoms with Gasteiger partial charge in [-0.15, -0.1) is 0 Å². The summed E-state index contributed by atoms with van der Waals surface area (Å²) in [5.74, 6) is 0.918. The molecule has 5 aromatic carbocycles. The lowest BCUT2D eigenvalue weighted by molar-refractivity contribution is 1.04. The standard InChI is InChI=1S/C39H28N4/c1-28-34-18-8-10-20-36(34)42(38(28)27-33-17-12-26-41(33)30-13-4-2-5-14-30)32-24-22-29(23-25-32)39-40-35-19-9-11-21-37(35)43(39)31-15-6-3-7-16-31/h2-27H,1H2/b38-27+. The molecule has 204 valence electrons. The van der Waals surface area contributed by atoms with Crippen molar-refractivity contribution in [3.05, 3.63) is 168 Å². The normalized spacial score (nSPS) is 12.0. The Morgan fingerprint density at radius 1 is 0.535 bits per heavy atom. The molecular formula is C39H28N4. The Hall–Kier alpha value is -5.87. The van der Waals surface area contributed by atoms with Gasteiger partial charge in [0, 0.05) is 45.1 Å². The summed E-state index contributed by atoms with van der Waals surface area (Å²) in [4.78, 5) is 5.06. The van der Waals surface area contributed by atoms with E-state index in [2.05, 4.69) is 160 Å². The highest BCUT2D eigenvalue weighted by molar-refractivity contribution is 5.85. The molecule has 4 nitrogen and oxygen atoms in total. The molecule has 8 rings (SSSR count). The molecule has 0 N–H and O–H groups in total. The molecule has 3 aromatic heterocycles. The van der Waals surface area contributed by atoms with E-state index in [1.54, 1.807) is 0 Å². The third kappa shape index (κ3) is 4.20. The highest BCUT2D eigenvalue weighted by Crippen LogP contribution is 2.29. The molecule has 0 fully saturated rings. The molecule has 0 aliphatic carbocycles. The van der Waals surface area contributed by atoms with Gasteiger partial charge in [0.05, 0.1) is 21.9 Å². The molecule has 0 bridgehead atoms. The third-order valence-electron chi connectivity index (χ3n) is 8.08. The first-order valence-corrected chi connectivity index (χ1v) is 14.4. The van der Waals surface area contributed by atoms with Crippen molar-refractivity contribution in [2.75, 3.05) is 0 Å². The average molecular weight is 553 g/mol. The third-order valence-corrected chi connectivity index (χ3v) is 8.08. The predicted molar refractivity (Wildman–Crippen MR) is 177 cm³/mol. The summed E-state index contributed by atoms with van der Waals surface area (Å²) in [5.41, 5.74) is 8.62. The van der Waals surface area contributed by atoms with Crippen LogP contribution in [0.3, 0.4) is 0 Å². The minimum Gasteiger partial charge on any atom is -0.317 e. The van der Waals surface area contributed by atoms with Crippen molar-refractivity contribution in [3.8, 4) is 28.5 Å². The number of hydrogen-bond acceptors (Lipinski definition) is 1. The van der Waals surface area contributed by atoms with Crippen LogP contribution in [-0.2, 0) is 0 Å². The van der Waals surface area contributed by atoms with Gasteiger partial charge < -0.3 is 9.13 Å². The van der Waals surface area contributed by atoms with Crippen molar-refractivity contribution in [2.45, 2.75) is 0 Å². The van der Waals surface area contributed by atoms with E-state index in [-0.39, 0.29) is 0 Å². The first kappa shape index (κ1) is 24.9. The number of aromatic nitrogens is 4. The maximum atomic E-state index is 5.06. The second kappa shape index (κ2) is 10.2. The van der Waals surface area contributed by atoms with E-state index in [0.717, 1.165) is 66.6 Å². The van der Waals surface area contributed by atoms with E-state index < -0.39 is 0 Å². The molecule has 43 heavy (non-hydrogen) atoms. The average Bonchev–Trinajstić information content (AvgIpc) is 3.77. The molecule has 0 aliphatic heterocycles. The molecule has 0 amide bonds. The number of nitrogens with zero attached hydrogens (tertiary/aromatic N) is 4.